The SMILES string of the molecule is CCCCC/C=C\C/C=C\CCCCCCCCCCCC(=O)OC[C@@H](COC(=O)CCCCCCCCCCCCC)OC(=O)CCCCCCC/C=C\CCCCCCC. The van der Waals surface area contributed by atoms with E-state index in [2.05, 4.69) is 57.2 Å². The van der Waals surface area contributed by atoms with Crippen molar-refractivity contribution in [3.8, 4) is 0 Å². The predicted octanol–water partition coefficient (Wildman–Crippen LogP) is 17.7. The summed E-state index contributed by atoms with van der Waals surface area (Å²) in [4.78, 5) is 38.0. The van der Waals surface area contributed by atoms with Crippen molar-refractivity contribution in [1.82, 2.24) is 0 Å². The summed E-state index contributed by atoms with van der Waals surface area (Å²) in [5.74, 6) is -0.876. The van der Waals surface area contributed by atoms with Gasteiger partial charge < -0.3 is 14.2 Å². The fourth-order valence-corrected chi connectivity index (χ4v) is 7.76. The monoisotopic (exact) mass is 871 g/mol. The summed E-state index contributed by atoms with van der Waals surface area (Å²) in [5, 5.41) is 0. The lowest BCUT2D eigenvalue weighted by molar-refractivity contribution is -0.167. The second-order valence-electron chi connectivity index (χ2n) is 18.1. The van der Waals surface area contributed by atoms with Crippen LogP contribution in [0.3, 0.4) is 0 Å². The van der Waals surface area contributed by atoms with Gasteiger partial charge in [-0.05, 0) is 77.0 Å². The number of esters is 3. The molecule has 0 unspecified atom stereocenters. The molecule has 0 rings (SSSR count). The highest BCUT2D eigenvalue weighted by molar-refractivity contribution is 5.71. The summed E-state index contributed by atoms with van der Waals surface area (Å²) in [7, 11) is 0. The second-order valence-corrected chi connectivity index (χ2v) is 18.1. The van der Waals surface area contributed by atoms with E-state index in [-0.39, 0.29) is 31.1 Å². The zero-order chi connectivity index (χ0) is 45.1. The van der Waals surface area contributed by atoms with E-state index in [4.69, 9.17) is 14.2 Å². The Bertz CT molecular complexity index is 1050. The zero-order valence-electron chi connectivity index (χ0n) is 41.4. The molecule has 0 fully saturated rings. The van der Waals surface area contributed by atoms with Crippen molar-refractivity contribution in [2.45, 2.75) is 290 Å². The van der Waals surface area contributed by atoms with Gasteiger partial charge in [0.2, 0.25) is 0 Å². The maximum atomic E-state index is 12.8. The van der Waals surface area contributed by atoms with Crippen LogP contribution in [-0.2, 0) is 28.6 Å². The van der Waals surface area contributed by atoms with E-state index in [1.54, 1.807) is 0 Å². The van der Waals surface area contributed by atoms with Crippen LogP contribution >= 0.6 is 0 Å². The van der Waals surface area contributed by atoms with Gasteiger partial charge in [-0.15, -0.1) is 0 Å². The van der Waals surface area contributed by atoms with Crippen LogP contribution in [0.1, 0.15) is 284 Å². The van der Waals surface area contributed by atoms with Crippen LogP contribution in [0.25, 0.3) is 0 Å². The van der Waals surface area contributed by atoms with Crippen LogP contribution in [0.5, 0.6) is 0 Å². The maximum Gasteiger partial charge on any atom is 0.306 e. The van der Waals surface area contributed by atoms with Gasteiger partial charge in [-0.1, -0.05) is 224 Å². The van der Waals surface area contributed by atoms with Crippen LogP contribution < -0.4 is 0 Å². The van der Waals surface area contributed by atoms with Gasteiger partial charge in [0.1, 0.15) is 13.2 Å². The third kappa shape index (κ3) is 48.7. The molecule has 0 amide bonds. The second kappa shape index (κ2) is 51.3. The minimum Gasteiger partial charge on any atom is -0.462 e. The van der Waals surface area contributed by atoms with E-state index in [1.807, 2.05) is 0 Å². The van der Waals surface area contributed by atoms with Gasteiger partial charge >= 0.3 is 17.9 Å². The first-order valence-electron chi connectivity index (χ1n) is 27.0. The Morgan fingerprint density at radius 2 is 0.581 bits per heavy atom. The third-order valence-electron chi connectivity index (χ3n) is 11.9. The van der Waals surface area contributed by atoms with Gasteiger partial charge in [0.15, 0.2) is 6.10 Å². The number of carbonyl (C=O) groups is 3. The van der Waals surface area contributed by atoms with Crippen molar-refractivity contribution < 1.29 is 28.6 Å². The van der Waals surface area contributed by atoms with Crippen molar-refractivity contribution >= 4 is 17.9 Å². The van der Waals surface area contributed by atoms with Gasteiger partial charge in [0, 0.05) is 19.3 Å². The molecule has 0 aliphatic heterocycles. The molecule has 0 radical (unpaired) electrons. The highest BCUT2D eigenvalue weighted by Gasteiger charge is 2.19. The Balaban J connectivity index is 4.32. The summed E-state index contributed by atoms with van der Waals surface area (Å²) in [6.45, 7) is 6.61. The Morgan fingerprint density at radius 3 is 0.935 bits per heavy atom. The lowest BCUT2D eigenvalue weighted by Crippen LogP contribution is -2.30. The molecule has 6 heteroatoms. The molecule has 62 heavy (non-hydrogen) atoms. The number of ether oxygens (including phenoxy) is 3. The van der Waals surface area contributed by atoms with Crippen molar-refractivity contribution in [1.29, 1.82) is 0 Å². The Kier molecular flexibility index (Phi) is 49.3. The van der Waals surface area contributed by atoms with Crippen LogP contribution in [0.15, 0.2) is 36.5 Å². The number of rotatable bonds is 49. The number of allylic oxidation sites excluding steroid dienone is 6. The predicted molar refractivity (Wildman–Crippen MR) is 266 cm³/mol. The molecule has 6 nitrogen and oxygen atoms in total. The molecule has 0 aromatic rings. The molecule has 0 aromatic heterocycles. The number of carbonyl (C=O) groups excluding carboxylic acids is 3. The molecule has 0 aliphatic rings. The average Bonchev–Trinajstić information content (AvgIpc) is 3.27. The van der Waals surface area contributed by atoms with Crippen molar-refractivity contribution in [3.05, 3.63) is 36.5 Å². The Labute approximate surface area is 385 Å². The maximum absolute atomic E-state index is 12.8. The minimum absolute atomic E-state index is 0.0737. The molecule has 0 spiro atoms. The molecule has 0 aliphatic carbocycles. The number of unbranched alkanes of at least 4 members (excludes halogenated alkanes) is 32. The quantitative estimate of drug-likeness (QED) is 0.0262. The summed E-state index contributed by atoms with van der Waals surface area (Å²) >= 11 is 0. The van der Waals surface area contributed by atoms with Crippen LogP contribution in [-0.4, -0.2) is 37.2 Å². The molecular formula is C56H102O6. The van der Waals surface area contributed by atoms with E-state index in [9.17, 15) is 14.4 Å². The topological polar surface area (TPSA) is 78.9 Å². The molecule has 0 N–H and O–H groups in total. The largest absolute Gasteiger partial charge is 0.462 e. The molecule has 0 heterocycles. The minimum atomic E-state index is -0.774. The molecule has 1 atom stereocenters. The van der Waals surface area contributed by atoms with Gasteiger partial charge in [0.05, 0.1) is 0 Å². The van der Waals surface area contributed by atoms with Crippen LogP contribution in [0.2, 0.25) is 0 Å². The fourth-order valence-electron chi connectivity index (χ4n) is 7.76. The van der Waals surface area contributed by atoms with E-state index in [0.717, 1.165) is 70.6 Å². The third-order valence-corrected chi connectivity index (χ3v) is 11.9. The number of hydrogen-bond donors (Lipinski definition) is 0. The average molecular weight is 871 g/mol. The Hall–Kier alpha value is -2.37. The standard InChI is InChI=1S/C56H102O6/c1-4-7-10-13-16-19-22-24-26-27-28-29-30-32-34-37-40-43-46-49-55(58)61-52-53(51-60-54(57)48-45-42-39-36-33-21-18-15-12-9-6-3)62-56(59)50-47-44-41-38-35-31-25-23-20-17-14-11-8-5-2/h16,19,23-26,53H,4-15,17-18,20-22,27-52H2,1-3H3/b19-16-,25-23-,26-24-/t53-/m1/s1. The molecule has 0 saturated heterocycles. The Morgan fingerprint density at radius 1 is 0.323 bits per heavy atom. The van der Waals surface area contributed by atoms with Gasteiger partial charge in [-0.25, -0.2) is 0 Å². The number of hydrogen-bond acceptors (Lipinski definition) is 6. The van der Waals surface area contributed by atoms with Gasteiger partial charge in [0.25, 0.3) is 0 Å². The highest BCUT2D eigenvalue weighted by atomic mass is 16.6. The lowest BCUT2D eigenvalue weighted by Gasteiger charge is -2.18. The first-order valence-corrected chi connectivity index (χ1v) is 27.0. The molecule has 0 saturated carbocycles. The summed E-state index contributed by atoms with van der Waals surface area (Å²) < 4.78 is 16.8. The highest BCUT2D eigenvalue weighted by Crippen LogP contribution is 2.15. The van der Waals surface area contributed by atoms with Crippen molar-refractivity contribution in [2.75, 3.05) is 13.2 Å². The molecular weight excluding hydrogens is 769 g/mol. The van der Waals surface area contributed by atoms with Crippen molar-refractivity contribution in [2.24, 2.45) is 0 Å². The van der Waals surface area contributed by atoms with Crippen LogP contribution in [0.4, 0.5) is 0 Å². The first kappa shape index (κ1) is 59.6. The first-order chi connectivity index (χ1) is 30.5. The summed E-state index contributed by atoms with van der Waals surface area (Å²) in [6, 6.07) is 0. The summed E-state index contributed by atoms with van der Waals surface area (Å²) in [5.41, 5.74) is 0. The smallest absolute Gasteiger partial charge is 0.306 e. The van der Waals surface area contributed by atoms with Crippen LogP contribution in [0, 0.1) is 0 Å². The molecule has 0 bridgehead atoms. The molecule has 362 valence electrons. The van der Waals surface area contributed by atoms with E-state index in [0.29, 0.717) is 19.3 Å². The van der Waals surface area contributed by atoms with Crippen molar-refractivity contribution in [3.63, 3.8) is 0 Å². The zero-order valence-corrected chi connectivity index (χ0v) is 41.4. The van der Waals surface area contributed by atoms with Gasteiger partial charge in [-0.3, -0.25) is 14.4 Å². The van der Waals surface area contributed by atoms with Gasteiger partial charge in [-0.2, -0.15) is 0 Å². The molecule has 0 aromatic carbocycles. The lowest BCUT2D eigenvalue weighted by atomic mass is 10.1. The normalized spacial score (nSPS) is 12.2. The fraction of sp³-hybridized carbons (Fsp3) is 0.839. The van der Waals surface area contributed by atoms with E-state index < -0.39 is 6.10 Å². The van der Waals surface area contributed by atoms with E-state index in [1.165, 1.54) is 173 Å². The summed E-state index contributed by atoms with van der Waals surface area (Å²) in [6.07, 6.45) is 59.8. The van der Waals surface area contributed by atoms with E-state index >= 15 is 0 Å².